The molecule has 1 heterocycles. The summed E-state index contributed by atoms with van der Waals surface area (Å²) in [6.07, 6.45) is 5.63. The maximum Gasteiger partial charge on any atom is 0.126 e. The molecule has 0 aliphatic rings. The van der Waals surface area contributed by atoms with Gasteiger partial charge in [-0.3, -0.25) is 0 Å². The Labute approximate surface area is 96.2 Å². The van der Waals surface area contributed by atoms with Crippen molar-refractivity contribution in [1.82, 2.24) is 5.32 Å². The summed E-state index contributed by atoms with van der Waals surface area (Å²) < 4.78 is 15.3. The summed E-state index contributed by atoms with van der Waals surface area (Å²) in [5.74, 6) is 0.873. The minimum atomic E-state index is 0.651. The third kappa shape index (κ3) is 6.40. The fourth-order valence-corrected chi connectivity index (χ4v) is 1.14. The lowest BCUT2D eigenvalue weighted by atomic mass is 10.4. The van der Waals surface area contributed by atoms with Crippen molar-refractivity contribution in [3.05, 3.63) is 30.2 Å². The minimum absolute atomic E-state index is 0.651. The molecule has 0 saturated heterocycles. The molecule has 0 saturated carbocycles. The molecule has 1 aromatic rings. The normalized spacial score (nSPS) is 11.3. The molecule has 0 aliphatic carbocycles. The molecule has 0 aromatic carbocycles. The van der Waals surface area contributed by atoms with Gasteiger partial charge in [0.15, 0.2) is 0 Å². The summed E-state index contributed by atoms with van der Waals surface area (Å²) in [5.41, 5.74) is 0. The Bertz CT molecular complexity index is 270. The van der Waals surface area contributed by atoms with E-state index in [-0.39, 0.29) is 0 Å². The Morgan fingerprint density at radius 3 is 3.06 bits per heavy atom. The second-order valence-electron chi connectivity index (χ2n) is 3.23. The van der Waals surface area contributed by atoms with Crippen LogP contribution in [0.4, 0.5) is 0 Å². The molecular formula is C12H19NO3. The fourth-order valence-electron chi connectivity index (χ4n) is 1.14. The van der Waals surface area contributed by atoms with E-state index in [1.165, 1.54) is 0 Å². The second kappa shape index (κ2) is 9.15. The lowest BCUT2D eigenvalue weighted by Gasteiger charge is -2.03. The molecular weight excluding hydrogens is 206 g/mol. The van der Waals surface area contributed by atoms with E-state index in [4.69, 9.17) is 13.9 Å². The third-order valence-electron chi connectivity index (χ3n) is 1.94. The largest absolute Gasteiger partial charge is 0.465 e. The molecule has 0 bridgehead atoms. The number of ether oxygens (including phenoxy) is 2. The molecule has 1 N–H and O–H groups in total. The van der Waals surface area contributed by atoms with Gasteiger partial charge in [-0.1, -0.05) is 6.08 Å². The molecule has 0 spiro atoms. The molecule has 90 valence electrons. The summed E-state index contributed by atoms with van der Waals surface area (Å²) >= 11 is 0. The smallest absolute Gasteiger partial charge is 0.126 e. The number of rotatable bonds is 9. The van der Waals surface area contributed by atoms with Crippen LogP contribution in [0, 0.1) is 0 Å². The van der Waals surface area contributed by atoms with Crippen molar-refractivity contribution in [1.29, 1.82) is 0 Å². The summed E-state index contributed by atoms with van der Waals surface area (Å²) in [4.78, 5) is 0. The van der Waals surface area contributed by atoms with Gasteiger partial charge in [0.1, 0.15) is 5.76 Å². The van der Waals surface area contributed by atoms with Crippen molar-refractivity contribution >= 4 is 6.08 Å². The van der Waals surface area contributed by atoms with Crippen molar-refractivity contribution in [2.75, 3.05) is 40.0 Å². The highest BCUT2D eigenvalue weighted by Gasteiger charge is 1.88. The number of furan rings is 1. The van der Waals surface area contributed by atoms with Crippen LogP contribution in [-0.2, 0) is 9.47 Å². The van der Waals surface area contributed by atoms with Gasteiger partial charge in [0.25, 0.3) is 0 Å². The summed E-state index contributed by atoms with van der Waals surface area (Å²) in [7, 11) is 1.67. The Hall–Kier alpha value is -1.10. The predicted molar refractivity (Wildman–Crippen MR) is 63.3 cm³/mol. The SMILES string of the molecule is COCCOCCNC/C=C/c1ccco1. The van der Waals surface area contributed by atoms with Gasteiger partial charge in [0, 0.05) is 20.2 Å². The van der Waals surface area contributed by atoms with E-state index in [0.717, 1.165) is 18.8 Å². The molecule has 0 radical (unpaired) electrons. The van der Waals surface area contributed by atoms with Crippen LogP contribution in [-0.4, -0.2) is 40.0 Å². The molecule has 1 rings (SSSR count). The quantitative estimate of drug-likeness (QED) is 0.647. The van der Waals surface area contributed by atoms with E-state index >= 15 is 0 Å². The first-order chi connectivity index (χ1) is 7.93. The molecule has 0 atom stereocenters. The summed E-state index contributed by atoms with van der Waals surface area (Å²) in [6, 6.07) is 3.79. The van der Waals surface area contributed by atoms with E-state index in [0.29, 0.717) is 19.8 Å². The van der Waals surface area contributed by atoms with Crippen molar-refractivity contribution < 1.29 is 13.9 Å². The zero-order valence-corrected chi connectivity index (χ0v) is 9.65. The van der Waals surface area contributed by atoms with Gasteiger partial charge in [-0.2, -0.15) is 0 Å². The molecule has 0 fully saturated rings. The topological polar surface area (TPSA) is 43.6 Å². The third-order valence-corrected chi connectivity index (χ3v) is 1.94. The van der Waals surface area contributed by atoms with Crippen molar-refractivity contribution in [2.24, 2.45) is 0 Å². The van der Waals surface area contributed by atoms with Crippen LogP contribution in [0.25, 0.3) is 6.08 Å². The van der Waals surface area contributed by atoms with Crippen LogP contribution in [0.5, 0.6) is 0 Å². The molecule has 0 aliphatic heterocycles. The Balaban J connectivity index is 1.88. The standard InChI is InChI=1S/C12H19NO3/c1-14-10-11-15-9-7-13-6-2-4-12-5-3-8-16-12/h2-5,8,13H,6-7,9-11H2,1H3/b4-2+. The number of hydrogen-bond acceptors (Lipinski definition) is 4. The second-order valence-corrected chi connectivity index (χ2v) is 3.23. The average Bonchev–Trinajstić information content (AvgIpc) is 2.80. The maximum atomic E-state index is 5.30. The predicted octanol–water partition coefficient (Wildman–Crippen LogP) is 1.55. The van der Waals surface area contributed by atoms with E-state index in [2.05, 4.69) is 5.32 Å². The van der Waals surface area contributed by atoms with E-state index in [9.17, 15) is 0 Å². The van der Waals surface area contributed by atoms with Crippen LogP contribution in [0.2, 0.25) is 0 Å². The van der Waals surface area contributed by atoms with Crippen LogP contribution < -0.4 is 5.32 Å². The highest BCUT2D eigenvalue weighted by atomic mass is 16.5. The summed E-state index contributed by atoms with van der Waals surface area (Å²) in [6.45, 7) is 3.66. The fraction of sp³-hybridized carbons (Fsp3) is 0.500. The maximum absolute atomic E-state index is 5.30. The molecule has 4 heteroatoms. The van der Waals surface area contributed by atoms with Crippen LogP contribution in [0.1, 0.15) is 5.76 Å². The van der Waals surface area contributed by atoms with Crippen molar-refractivity contribution in [2.45, 2.75) is 0 Å². The number of hydrogen-bond donors (Lipinski definition) is 1. The van der Waals surface area contributed by atoms with Crippen molar-refractivity contribution in [3.63, 3.8) is 0 Å². The zero-order valence-electron chi connectivity index (χ0n) is 9.65. The summed E-state index contributed by atoms with van der Waals surface area (Å²) in [5, 5.41) is 3.23. The van der Waals surface area contributed by atoms with Gasteiger partial charge in [-0.25, -0.2) is 0 Å². The number of nitrogens with one attached hydrogen (secondary N) is 1. The molecule has 1 aromatic heterocycles. The number of methoxy groups -OCH3 is 1. The molecule has 0 amide bonds. The Kier molecular flexibility index (Phi) is 7.42. The Morgan fingerprint density at radius 1 is 1.38 bits per heavy atom. The zero-order chi connectivity index (χ0) is 11.5. The van der Waals surface area contributed by atoms with Gasteiger partial charge in [-0.15, -0.1) is 0 Å². The van der Waals surface area contributed by atoms with Gasteiger partial charge in [0.05, 0.1) is 26.1 Å². The van der Waals surface area contributed by atoms with Crippen LogP contribution >= 0.6 is 0 Å². The van der Waals surface area contributed by atoms with E-state index in [1.54, 1.807) is 13.4 Å². The molecule has 4 nitrogen and oxygen atoms in total. The monoisotopic (exact) mass is 225 g/mol. The van der Waals surface area contributed by atoms with E-state index < -0.39 is 0 Å². The van der Waals surface area contributed by atoms with Gasteiger partial charge in [0.2, 0.25) is 0 Å². The lowest BCUT2D eigenvalue weighted by molar-refractivity contribution is 0.0723. The van der Waals surface area contributed by atoms with Crippen molar-refractivity contribution in [3.8, 4) is 0 Å². The molecule has 0 unspecified atom stereocenters. The first-order valence-electron chi connectivity index (χ1n) is 5.41. The average molecular weight is 225 g/mol. The minimum Gasteiger partial charge on any atom is -0.465 e. The molecule has 16 heavy (non-hydrogen) atoms. The highest BCUT2D eigenvalue weighted by Crippen LogP contribution is 2.01. The lowest BCUT2D eigenvalue weighted by Crippen LogP contribution is -2.20. The first-order valence-corrected chi connectivity index (χ1v) is 5.41. The first kappa shape index (κ1) is 13.0. The highest BCUT2D eigenvalue weighted by molar-refractivity contribution is 5.42. The van der Waals surface area contributed by atoms with Gasteiger partial charge < -0.3 is 19.2 Å². The Morgan fingerprint density at radius 2 is 2.31 bits per heavy atom. The van der Waals surface area contributed by atoms with Crippen LogP contribution in [0.3, 0.4) is 0 Å². The van der Waals surface area contributed by atoms with Gasteiger partial charge >= 0.3 is 0 Å². The van der Waals surface area contributed by atoms with E-state index in [1.807, 2.05) is 24.3 Å². The van der Waals surface area contributed by atoms with Crippen LogP contribution in [0.15, 0.2) is 28.9 Å². The van der Waals surface area contributed by atoms with Gasteiger partial charge in [-0.05, 0) is 18.2 Å².